The lowest BCUT2D eigenvalue weighted by Gasteiger charge is -2.36. The van der Waals surface area contributed by atoms with Crippen molar-refractivity contribution in [3.05, 3.63) is 24.3 Å². The van der Waals surface area contributed by atoms with Crippen LogP contribution in [0.1, 0.15) is 13.3 Å². The Bertz CT molecular complexity index is 683. The summed E-state index contributed by atoms with van der Waals surface area (Å²) < 4.78 is 10.1. The number of hydrogen-bond acceptors (Lipinski definition) is 6. The fraction of sp³-hybridized carbons (Fsp3) is 0.500. The molecule has 1 atom stereocenters. The maximum atomic E-state index is 12.8. The Morgan fingerprint density at radius 2 is 1.77 bits per heavy atom. The molecule has 2 heterocycles. The molecule has 8 nitrogen and oxygen atoms in total. The highest BCUT2D eigenvalue weighted by atomic mass is 16.6. The summed E-state index contributed by atoms with van der Waals surface area (Å²) in [5, 5.41) is 0. The predicted octanol–water partition coefficient (Wildman–Crippen LogP) is 1.10. The molecule has 2 fully saturated rings. The molecule has 0 aromatic heterocycles. The quantitative estimate of drug-likeness (QED) is 0.748. The predicted molar refractivity (Wildman–Crippen MR) is 94.1 cm³/mol. The first-order valence-corrected chi connectivity index (χ1v) is 8.71. The number of piperazine rings is 1. The van der Waals surface area contributed by atoms with Gasteiger partial charge in [0.25, 0.3) is 5.91 Å². The molecular formula is C18H23N3O5. The SMILES string of the molecule is CCOC(=O)N1CCN([C@@H]2CC(=O)N(c3ccc(OC)cc3)C2=O)CC1. The zero-order valence-electron chi connectivity index (χ0n) is 15.0. The molecule has 8 heteroatoms. The van der Waals surface area contributed by atoms with Crippen molar-refractivity contribution in [2.45, 2.75) is 19.4 Å². The number of carbonyl (C=O) groups is 3. The molecule has 140 valence electrons. The summed E-state index contributed by atoms with van der Waals surface area (Å²) in [6.07, 6.45) is -0.176. The molecule has 0 unspecified atom stereocenters. The summed E-state index contributed by atoms with van der Waals surface area (Å²) in [6, 6.07) is 6.38. The lowest BCUT2D eigenvalue weighted by Crippen LogP contribution is -2.54. The van der Waals surface area contributed by atoms with Crippen LogP contribution >= 0.6 is 0 Å². The maximum Gasteiger partial charge on any atom is 0.409 e. The Morgan fingerprint density at radius 3 is 2.35 bits per heavy atom. The van der Waals surface area contributed by atoms with Gasteiger partial charge in [-0.15, -0.1) is 0 Å². The largest absolute Gasteiger partial charge is 0.497 e. The Hall–Kier alpha value is -2.61. The van der Waals surface area contributed by atoms with Gasteiger partial charge < -0.3 is 14.4 Å². The summed E-state index contributed by atoms with van der Waals surface area (Å²) >= 11 is 0. The number of benzene rings is 1. The van der Waals surface area contributed by atoms with Gasteiger partial charge in [-0.2, -0.15) is 0 Å². The molecule has 0 bridgehead atoms. The first-order valence-electron chi connectivity index (χ1n) is 8.71. The summed E-state index contributed by atoms with van der Waals surface area (Å²) in [4.78, 5) is 41.8. The van der Waals surface area contributed by atoms with Crippen LogP contribution in [0.5, 0.6) is 5.75 Å². The van der Waals surface area contributed by atoms with Crippen molar-refractivity contribution in [2.24, 2.45) is 0 Å². The van der Waals surface area contributed by atoms with Crippen molar-refractivity contribution in [2.75, 3.05) is 44.8 Å². The van der Waals surface area contributed by atoms with E-state index in [9.17, 15) is 14.4 Å². The van der Waals surface area contributed by atoms with Gasteiger partial charge in [0.2, 0.25) is 5.91 Å². The zero-order chi connectivity index (χ0) is 18.7. The van der Waals surface area contributed by atoms with E-state index in [0.717, 1.165) is 0 Å². The maximum absolute atomic E-state index is 12.8. The van der Waals surface area contributed by atoms with E-state index in [2.05, 4.69) is 0 Å². The van der Waals surface area contributed by atoms with Gasteiger partial charge in [0, 0.05) is 26.2 Å². The lowest BCUT2D eigenvalue weighted by atomic mass is 10.2. The Balaban J connectivity index is 1.65. The normalized spacial score (nSPS) is 21.2. The molecule has 0 radical (unpaired) electrons. The van der Waals surface area contributed by atoms with E-state index in [4.69, 9.17) is 9.47 Å². The lowest BCUT2D eigenvalue weighted by molar-refractivity contribution is -0.123. The van der Waals surface area contributed by atoms with Gasteiger partial charge in [-0.1, -0.05) is 0 Å². The Morgan fingerprint density at radius 1 is 1.12 bits per heavy atom. The summed E-state index contributed by atoms with van der Waals surface area (Å²) in [5.41, 5.74) is 0.549. The van der Waals surface area contributed by atoms with E-state index >= 15 is 0 Å². The average Bonchev–Trinajstić information content (AvgIpc) is 2.96. The number of hydrogen-bond donors (Lipinski definition) is 0. The number of amides is 3. The van der Waals surface area contributed by atoms with E-state index in [1.165, 1.54) is 4.90 Å². The van der Waals surface area contributed by atoms with Gasteiger partial charge in [0.1, 0.15) is 5.75 Å². The van der Waals surface area contributed by atoms with E-state index in [0.29, 0.717) is 44.2 Å². The molecule has 2 aliphatic heterocycles. The topological polar surface area (TPSA) is 79.4 Å². The van der Waals surface area contributed by atoms with Gasteiger partial charge in [-0.25, -0.2) is 9.69 Å². The number of ether oxygens (including phenoxy) is 2. The molecule has 2 aliphatic rings. The van der Waals surface area contributed by atoms with E-state index in [-0.39, 0.29) is 24.3 Å². The first-order chi connectivity index (χ1) is 12.5. The van der Waals surface area contributed by atoms with Crippen LogP contribution in [0.4, 0.5) is 10.5 Å². The molecule has 0 spiro atoms. The minimum Gasteiger partial charge on any atom is -0.497 e. The van der Waals surface area contributed by atoms with Crippen molar-refractivity contribution in [3.8, 4) is 5.75 Å². The Kier molecular flexibility index (Phi) is 5.41. The second kappa shape index (κ2) is 7.74. The molecule has 0 N–H and O–H groups in total. The molecule has 1 aromatic carbocycles. The fourth-order valence-electron chi connectivity index (χ4n) is 3.33. The number of imide groups is 1. The van der Waals surface area contributed by atoms with Crippen molar-refractivity contribution >= 4 is 23.6 Å². The van der Waals surface area contributed by atoms with Crippen LogP contribution in [0.3, 0.4) is 0 Å². The van der Waals surface area contributed by atoms with Crippen LogP contribution < -0.4 is 9.64 Å². The smallest absolute Gasteiger partial charge is 0.409 e. The van der Waals surface area contributed by atoms with Crippen LogP contribution in [-0.2, 0) is 14.3 Å². The minimum atomic E-state index is -0.478. The molecule has 0 aliphatic carbocycles. The second-order valence-corrected chi connectivity index (χ2v) is 6.21. The highest BCUT2D eigenvalue weighted by Gasteiger charge is 2.43. The first kappa shape index (κ1) is 18.2. The van der Waals surface area contributed by atoms with Gasteiger partial charge >= 0.3 is 6.09 Å². The molecular weight excluding hydrogens is 338 g/mol. The molecule has 26 heavy (non-hydrogen) atoms. The molecule has 1 aromatic rings. The third-order valence-electron chi connectivity index (χ3n) is 4.73. The highest BCUT2D eigenvalue weighted by Crippen LogP contribution is 2.27. The van der Waals surface area contributed by atoms with Gasteiger partial charge in [-0.05, 0) is 31.2 Å². The number of rotatable bonds is 4. The van der Waals surface area contributed by atoms with E-state index in [1.807, 2.05) is 4.90 Å². The van der Waals surface area contributed by atoms with Crippen LogP contribution in [0.25, 0.3) is 0 Å². The van der Waals surface area contributed by atoms with Crippen molar-refractivity contribution in [1.82, 2.24) is 9.80 Å². The third kappa shape index (κ3) is 3.50. The number of nitrogens with zero attached hydrogens (tertiary/aromatic N) is 3. The minimum absolute atomic E-state index is 0.157. The molecule has 0 saturated carbocycles. The van der Waals surface area contributed by atoms with Crippen LogP contribution in [0.2, 0.25) is 0 Å². The molecule has 3 rings (SSSR count). The van der Waals surface area contributed by atoms with E-state index < -0.39 is 6.04 Å². The molecule has 3 amide bonds. The standard InChI is InChI=1S/C18H23N3O5/c1-3-26-18(24)20-10-8-19(9-11-20)15-12-16(22)21(17(15)23)13-4-6-14(25-2)7-5-13/h4-7,15H,3,8-12H2,1-2H3/t15-/m1/s1. The average molecular weight is 361 g/mol. The van der Waals surface area contributed by atoms with Crippen molar-refractivity contribution in [3.63, 3.8) is 0 Å². The van der Waals surface area contributed by atoms with Crippen LogP contribution in [-0.4, -0.2) is 73.6 Å². The summed E-state index contributed by atoms with van der Waals surface area (Å²) in [5.74, 6) is 0.238. The van der Waals surface area contributed by atoms with Crippen molar-refractivity contribution < 1.29 is 23.9 Å². The molecule has 2 saturated heterocycles. The summed E-state index contributed by atoms with van der Waals surface area (Å²) in [7, 11) is 1.56. The number of methoxy groups -OCH3 is 1. The van der Waals surface area contributed by atoms with Gasteiger partial charge in [0.05, 0.1) is 31.9 Å². The monoisotopic (exact) mass is 361 g/mol. The second-order valence-electron chi connectivity index (χ2n) is 6.21. The van der Waals surface area contributed by atoms with Gasteiger partial charge in [-0.3, -0.25) is 14.5 Å². The van der Waals surface area contributed by atoms with Gasteiger partial charge in [0.15, 0.2) is 0 Å². The highest BCUT2D eigenvalue weighted by molar-refractivity contribution is 6.22. The Labute approximate surface area is 152 Å². The number of anilines is 1. The third-order valence-corrected chi connectivity index (χ3v) is 4.73. The van der Waals surface area contributed by atoms with Crippen LogP contribution in [0.15, 0.2) is 24.3 Å². The summed E-state index contributed by atoms with van der Waals surface area (Å²) in [6.45, 7) is 4.16. The zero-order valence-corrected chi connectivity index (χ0v) is 15.0. The number of carbonyl (C=O) groups excluding carboxylic acids is 3. The fourth-order valence-corrected chi connectivity index (χ4v) is 3.33. The van der Waals surface area contributed by atoms with Crippen LogP contribution in [0, 0.1) is 0 Å². The van der Waals surface area contributed by atoms with E-state index in [1.54, 1.807) is 43.2 Å². The van der Waals surface area contributed by atoms with Crippen molar-refractivity contribution in [1.29, 1.82) is 0 Å².